The van der Waals surface area contributed by atoms with Crippen molar-refractivity contribution < 1.29 is 5.11 Å². The summed E-state index contributed by atoms with van der Waals surface area (Å²) in [6.07, 6.45) is 5.08. The van der Waals surface area contributed by atoms with Crippen molar-refractivity contribution in [2.24, 2.45) is 4.99 Å². The molecule has 0 amide bonds. The molecule has 1 heterocycles. The number of rotatable bonds is 8. The van der Waals surface area contributed by atoms with Gasteiger partial charge in [-0.15, -0.1) is 0 Å². The van der Waals surface area contributed by atoms with Crippen LogP contribution in [0.25, 0.3) is 5.69 Å². The Morgan fingerprint density at radius 1 is 1.27 bits per heavy atom. The Balaban J connectivity index is 2.12. The van der Waals surface area contributed by atoms with Crippen LogP contribution in [-0.2, 0) is 0 Å². The molecule has 0 radical (unpaired) electrons. The SMILES string of the molecule is CCNC(=NCC(O)(CC)CC)NC(C)c1cccc(-n2cccn2)c1. The van der Waals surface area contributed by atoms with Gasteiger partial charge in [0.1, 0.15) is 0 Å². The molecule has 0 aliphatic heterocycles. The number of nitrogens with one attached hydrogen (secondary N) is 2. The number of benzene rings is 1. The van der Waals surface area contributed by atoms with Gasteiger partial charge in [0.05, 0.1) is 23.9 Å². The summed E-state index contributed by atoms with van der Waals surface area (Å²) < 4.78 is 1.85. The molecular weight excluding hydrogens is 326 g/mol. The summed E-state index contributed by atoms with van der Waals surface area (Å²) in [5.41, 5.74) is 1.42. The second kappa shape index (κ2) is 9.38. The number of guanidine groups is 1. The number of aliphatic imine (C=N–C) groups is 1. The van der Waals surface area contributed by atoms with Crippen LogP contribution in [-0.4, -0.2) is 39.5 Å². The minimum absolute atomic E-state index is 0.0691. The van der Waals surface area contributed by atoms with Gasteiger partial charge >= 0.3 is 0 Å². The second-order valence-electron chi connectivity index (χ2n) is 6.54. The van der Waals surface area contributed by atoms with Gasteiger partial charge in [-0.3, -0.25) is 4.99 Å². The smallest absolute Gasteiger partial charge is 0.191 e. The fourth-order valence-electron chi connectivity index (χ4n) is 2.67. The largest absolute Gasteiger partial charge is 0.388 e. The Morgan fingerprint density at radius 2 is 2.04 bits per heavy atom. The van der Waals surface area contributed by atoms with Crippen molar-refractivity contribution in [3.8, 4) is 5.69 Å². The average molecular weight is 358 g/mol. The van der Waals surface area contributed by atoms with Gasteiger partial charge in [0.25, 0.3) is 0 Å². The first-order valence-electron chi connectivity index (χ1n) is 9.38. The Hall–Kier alpha value is -2.34. The van der Waals surface area contributed by atoms with Crippen molar-refractivity contribution in [1.82, 2.24) is 20.4 Å². The van der Waals surface area contributed by atoms with Crippen molar-refractivity contribution >= 4 is 5.96 Å². The Morgan fingerprint density at radius 3 is 2.65 bits per heavy atom. The highest BCUT2D eigenvalue weighted by atomic mass is 16.3. The third kappa shape index (κ3) is 5.33. The van der Waals surface area contributed by atoms with Crippen molar-refractivity contribution in [1.29, 1.82) is 0 Å². The normalized spacial score (nSPS) is 13.5. The van der Waals surface area contributed by atoms with Gasteiger partial charge in [-0.1, -0.05) is 26.0 Å². The summed E-state index contributed by atoms with van der Waals surface area (Å²) >= 11 is 0. The molecule has 0 fully saturated rings. The first kappa shape index (κ1) is 20.0. The minimum atomic E-state index is -0.744. The molecule has 142 valence electrons. The maximum atomic E-state index is 10.5. The fraction of sp³-hybridized carbons (Fsp3) is 0.500. The molecule has 0 aliphatic carbocycles. The van der Waals surface area contributed by atoms with Crippen molar-refractivity contribution in [2.45, 2.75) is 52.2 Å². The minimum Gasteiger partial charge on any atom is -0.388 e. The standard InChI is InChI=1S/C20H31N5O/c1-5-20(26,6-2)15-22-19(21-7-3)24-16(4)17-10-8-11-18(14-17)25-13-9-12-23-25/h8-14,16,26H,5-7,15H2,1-4H3,(H2,21,22,24). The van der Waals surface area contributed by atoms with Gasteiger partial charge in [-0.2, -0.15) is 5.10 Å². The van der Waals surface area contributed by atoms with Crippen LogP contribution in [0.2, 0.25) is 0 Å². The highest BCUT2D eigenvalue weighted by molar-refractivity contribution is 5.80. The van der Waals surface area contributed by atoms with Crippen molar-refractivity contribution in [2.75, 3.05) is 13.1 Å². The van der Waals surface area contributed by atoms with E-state index in [9.17, 15) is 5.11 Å². The lowest BCUT2D eigenvalue weighted by molar-refractivity contribution is 0.0418. The lowest BCUT2D eigenvalue weighted by Crippen LogP contribution is -2.40. The van der Waals surface area contributed by atoms with E-state index in [4.69, 9.17) is 0 Å². The van der Waals surface area contributed by atoms with Crippen molar-refractivity contribution in [3.63, 3.8) is 0 Å². The van der Waals surface area contributed by atoms with Crippen LogP contribution in [0.1, 0.15) is 52.1 Å². The lowest BCUT2D eigenvalue weighted by atomic mass is 9.98. The maximum absolute atomic E-state index is 10.5. The molecule has 1 atom stereocenters. The van der Waals surface area contributed by atoms with Crippen LogP contribution in [0.15, 0.2) is 47.7 Å². The van der Waals surface area contributed by atoms with E-state index in [-0.39, 0.29) is 6.04 Å². The van der Waals surface area contributed by atoms with Crippen LogP contribution >= 0.6 is 0 Å². The summed E-state index contributed by atoms with van der Waals surface area (Å²) in [6.45, 7) is 9.26. The third-order valence-corrected chi connectivity index (χ3v) is 4.68. The summed E-state index contributed by atoms with van der Waals surface area (Å²) in [4.78, 5) is 4.59. The molecule has 1 aromatic carbocycles. The number of hydrogen-bond acceptors (Lipinski definition) is 3. The Bertz CT molecular complexity index is 692. The van der Waals surface area contributed by atoms with E-state index in [1.165, 1.54) is 0 Å². The summed E-state index contributed by atoms with van der Waals surface area (Å²) in [5.74, 6) is 0.713. The van der Waals surface area contributed by atoms with Crippen LogP contribution < -0.4 is 10.6 Å². The van der Waals surface area contributed by atoms with Crippen LogP contribution in [0, 0.1) is 0 Å². The van der Waals surface area contributed by atoms with Gasteiger partial charge in [0.15, 0.2) is 5.96 Å². The molecule has 6 nitrogen and oxygen atoms in total. The zero-order chi connectivity index (χ0) is 19.0. The topological polar surface area (TPSA) is 74.5 Å². The summed E-state index contributed by atoms with van der Waals surface area (Å²) in [7, 11) is 0. The lowest BCUT2D eigenvalue weighted by Gasteiger charge is -2.24. The predicted molar refractivity (Wildman–Crippen MR) is 107 cm³/mol. The number of aliphatic hydroxyl groups is 1. The zero-order valence-corrected chi connectivity index (χ0v) is 16.2. The van der Waals surface area contributed by atoms with E-state index in [1.54, 1.807) is 6.20 Å². The second-order valence-corrected chi connectivity index (χ2v) is 6.54. The predicted octanol–water partition coefficient (Wildman–Crippen LogP) is 3.04. The molecule has 0 aliphatic rings. The molecule has 1 unspecified atom stereocenters. The van der Waals surface area contributed by atoms with E-state index in [0.29, 0.717) is 25.3 Å². The average Bonchev–Trinajstić information content (AvgIpc) is 3.21. The van der Waals surface area contributed by atoms with E-state index < -0.39 is 5.60 Å². The Kier molecular flexibility index (Phi) is 7.21. The zero-order valence-electron chi connectivity index (χ0n) is 16.2. The van der Waals surface area contributed by atoms with Crippen molar-refractivity contribution in [3.05, 3.63) is 48.3 Å². The van der Waals surface area contributed by atoms with Gasteiger partial charge in [-0.25, -0.2) is 4.68 Å². The quantitative estimate of drug-likeness (QED) is 0.501. The molecule has 26 heavy (non-hydrogen) atoms. The fourth-order valence-corrected chi connectivity index (χ4v) is 2.67. The van der Waals surface area contributed by atoms with E-state index in [1.807, 2.05) is 49.8 Å². The number of nitrogens with zero attached hydrogens (tertiary/aromatic N) is 3. The number of hydrogen-bond donors (Lipinski definition) is 3. The van der Waals surface area contributed by atoms with Crippen LogP contribution in [0.4, 0.5) is 0 Å². The van der Waals surface area contributed by atoms with Crippen LogP contribution in [0.5, 0.6) is 0 Å². The molecule has 6 heteroatoms. The molecule has 3 N–H and O–H groups in total. The van der Waals surface area contributed by atoms with E-state index >= 15 is 0 Å². The van der Waals surface area contributed by atoms with Crippen LogP contribution in [0.3, 0.4) is 0 Å². The summed E-state index contributed by atoms with van der Waals surface area (Å²) in [5, 5.41) is 21.4. The highest BCUT2D eigenvalue weighted by Gasteiger charge is 2.22. The first-order chi connectivity index (χ1) is 12.5. The highest BCUT2D eigenvalue weighted by Crippen LogP contribution is 2.17. The molecular formula is C20H31N5O. The molecule has 1 aromatic heterocycles. The van der Waals surface area contributed by atoms with Gasteiger partial charge in [-0.05, 0) is 50.5 Å². The summed E-state index contributed by atoms with van der Waals surface area (Å²) in [6, 6.07) is 10.2. The van der Waals surface area contributed by atoms with Gasteiger partial charge in [0, 0.05) is 18.9 Å². The van der Waals surface area contributed by atoms with E-state index in [2.05, 4.69) is 39.8 Å². The first-order valence-corrected chi connectivity index (χ1v) is 9.38. The molecule has 0 saturated carbocycles. The number of aromatic nitrogens is 2. The molecule has 2 rings (SSSR count). The Labute approximate surface area is 156 Å². The molecule has 0 spiro atoms. The maximum Gasteiger partial charge on any atom is 0.191 e. The monoisotopic (exact) mass is 357 g/mol. The van der Waals surface area contributed by atoms with E-state index in [0.717, 1.165) is 17.8 Å². The van der Waals surface area contributed by atoms with Gasteiger partial charge < -0.3 is 15.7 Å². The molecule has 0 saturated heterocycles. The third-order valence-electron chi connectivity index (χ3n) is 4.68. The van der Waals surface area contributed by atoms with Gasteiger partial charge in [0.2, 0.25) is 0 Å². The molecule has 2 aromatic rings. The molecule has 0 bridgehead atoms.